The first kappa shape index (κ1) is 14.4. The van der Waals surface area contributed by atoms with E-state index in [2.05, 4.69) is 29.6 Å². The number of benzene rings is 1. The van der Waals surface area contributed by atoms with Crippen molar-refractivity contribution in [3.05, 3.63) is 52.2 Å². The predicted molar refractivity (Wildman–Crippen MR) is 83.5 cm³/mol. The van der Waals surface area contributed by atoms with Gasteiger partial charge in [-0.15, -0.1) is 22.9 Å². The van der Waals surface area contributed by atoms with Crippen LogP contribution in [0, 0.1) is 5.92 Å². The number of thiophene rings is 1. The second-order valence-electron chi connectivity index (χ2n) is 4.69. The molecule has 3 heteroatoms. The summed E-state index contributed by atoms with van der Waals surface area (Å²) in [5, 5.41) is 2.13. The van der Waals surface area contributed by atoms with E-state index in [1.807, 2.05) is 23.5 Å². The molecule has 1 aromatic carbocycles. The second-order valence-corrected chi connectivity index (χ2v) is 6.03. The molecule has 0 spiro atoms. The molecule has 0 saturated carbocycles. The summed E-state index contributed by atoms with van der Waals surface area (Å²) in [6.07, 6.45) is 3.32. The Morgan fingerprint density at radius 2 is 2.00 bits per heavy atom. The third kappa shape index (κ3) is 4.55. The van der Waals surface area contributed by atoms with Crippen molar-refractivity contribution in [2.45, 2.75) is 19.3 Å². The van der Waals surface area contributed by atoms with Crippen molar-refractivity contribution in [2.75, 3.05) is 13.0 Å². The molecule has 1 unspecified atom stereocenters. The number of alkyl halides is 1. The number of rotatable bonds is 7. The quantitative estimate of drug-likeness (QED) is 0.667. The van der Waals surface area contributed by atoms with Gasteiger partial charge < -0.3 is 4.74 Å². The molecule has 19 heavy (non-hydrogen) atoms. The highest BCUT2D eigenvalue weighted by molar-refractivity contribution is 7.09. The van der Waals surface area contributed by atoms with Crippen molar-refractivity contribution < 1.29 is 4.74 Å². The molecule has 0 saturated heterocycles. The highest BCUT2D eigenvalue weighted by atomic mass is 35.5. The number of hydrogen-bond donors (Lipinski definition) is 0. The minimum absolute atomic E-state index is 0.539. The molecular formula is C16H19ClOS. The zero-order chi connectivity index (χ0) is 13.5. The second kappa shape index (κ2) is 7.56. The maximum atomic E-state index is 6.09. The molecule has 1 nitrogen and oxygen atoms in total. The van der Waals surface area contributed by atoms with Crippen LogP contribution in [0.3, 0.4) is 0 Å². The standard InChI is InChI=1S/C16H19ClOS/c1-18-15-7-4-13(5-8-15)11-14(12-17)6-9-16-3-2-10-19-16/h2-5,7-8,10,14H,6,9,11-12H2,1H3. The lowest BCUT2D eigenvalue weighted by Gasteiger charge is -2.13. The summed E-state index contributed by atoms with van der Waals surface area (Å²) >= 11 is 7.92. The lowest BCUT2D eigenvalue weighted by molar-refractivity contribution is 0.414. The van der Waals surface area contributed by atoms with Crippen molar-refractivity contribution in [3.8, 4) is 5.75 Å². The van der Waals surface area contributed by atoms with Crippen LogP contribution in [0.15, 0.2) is 41.8 Å². The first-order valence-corrected chi connectivity index (χ1v) is 7.94. The molecule has 1 heterocycles. The highest BCUT2D eigenvalue weighted by Gasteiger charge is 2.09. The number of ether oxygens (including phenoxy) is 1. The molecule has 2 aromatic rings. The molecule has 2 rings (SSSR count). The van der Waals surface area contributed by atoms with Crippen molar-refractivity contribution in [2.24, 2.45) is 5.92 Å². The van der Waals surface area contributed by atoms with E-state index in [0.29, 0.717) is 5.92 Å². The van der Waals surface area contributed by atoms with Gasteiger partial charge in [-0.1, -0.05) is 18.2 Å². The monoisotopic (exact) mass is 294 g/mol. The van der Waals surface area contributed by atoms with E-state index in [1.165, 1.54) is 10.4 Å². The topological polar surface area (TPSA) is 9.23 Å². The molecule has 0 aliphatic rings. The van der Waals surface area contributed by atoms with Gasteiger partial charge in [0.2, 0.25) is 0 Å². The maximum absolute atomic E-state index is 6.09. The fraction of sp³-hybridized carbons (Fsp3) is 0.375. The van der Waals surface area contributed by atoms with Gasteiger partial charge in [0.05, 0.1) is 7.11 Å². The Kier molecular flexibility index (Phi) is 5.74. The van der Waals surface area contributed by atoms with Crippen LogP contribution >= 0.6 is 22.9 Å². The first-order valence-electron chi connectivity index (χ1n) is 6.53. The lowest BCUT2D eigenvalue weighted by Crippen LogP contribution is -2.07. The molecule has 0 radical (unpaired) electrons. The fourth-order valence-electron chi connectivity index (χ4n) is 2.13. The Balaban J connectivity index is 1.87. The molecule has 0 bridgehead atoms. The van der Waals surface area contributed by atoms with E-state index < -0.39 is 0 Å². The average molecular weight is 295 g/mol. The third-order valence-corrected chi connectivity index (χ3v) is 4.65. The fourth-order valence-corrected chi connectivity index (χ4v) is 3.12. The summed E-state index contributed by atoms with van der Waals surface area (Å²) in [7, 11) is 1.69. The summed E-state index contributed by atoms with van der Waals surface area (Å²) in [4.78, 5) is 1.45. The van der Waals surface area contributed by atoms with E-state index in [9.17, 15) is 0 Å². The molecule has 102 valence electrons. The molecule has 1 atom stereocenters. The zero-order valence-corrected chi connectivity index (χ0v) is 12.7. The first-order chi connectivity index (χ1) is 9.31. The van der Waals surface area contributed by atoms with Gasteiger partial charge in [-0.2, -0.15) is 0 Å². The minimum atomic E-state index is 0.539. The van der Waals surface area contributed by atoms with Crippen LogP contribution in [-0.4, -0.2) is 13.0 Å². The van der Waals surface area contributed by atoms with E-state index >= 15 is 0 Å². The SMILES string of the molecule is COc1ccc(CC(CCl)CCc2cccs2)cc1. The van der Waals surface area contributed by atoms with Crippen LogP contribution in [0.2, 0.25) is 0 Å². The molecule has 0 amide bonds. The van der Waals surface area contributed by atoms with Gasteiger partial charge in [0, 0.05) is 10.8 Å². The average Bonchev–Trinajstić information content (AvgIpc) is 2.97. The summed E-state index contributed by atoms with van der Waals surface area (Å²) in [5.41, 5.74) is 1.33. The van der Waals surface area contributed by atoms with Gasteiger partial charge in [0.15, 0.2) is 0 Å². The zero-order valence-electron chi connectivity index (χ0n) is 11.1. The number of methoxy groups -OCH3 is 1. The Morgan fingerprint density at radius 3 is 2.58 bits per heavy atom. The predicted octanol–water partition coefficient (Wildman–Crippen LogP) is 4.79. The van der Waals surface area contributed by atoms with Gasteiger partial charge >= 0.3 is 0 Å². The maximum Gasteiger partial charge on any atom is 0.118 e. The van der Waals surface area contributed by atoms with Gasteiger partial charge in [0.25, 0.3) is 0 Å². The lowest BCUT2D eigenvalue weighted by atomic mass is 9.96. The van der Waals surface area contributed by atoms with E-state index in [-0.39, 0.29) is 0 Å². The van der Waals surface area contributed by atoms with Crippen molar-refractivity contribution >= 4 is 22.9 Å². The van der Waals surface area contributed by atoms with Gasteiger partial charge in [-0.3, -0.25) is 0 Å². The van der Waals surface area contributed by atoms with Crippen LogP contribution in [0.4, 0.5) is 0 Å². The number of aryl methyl sites for hydroxylation is 1. The largest absolute Gasteiger partial charge is 0.497 e. The van der Waals surface area contributed by atoms with Crippen LogP contribution < -0.4 is 4.74 Å². The Bertz CT molecular complexity index is 464. The highest BCUT2D eigenvalue weighted by Crippen LogP contribution is 2.20. The normalized spacial score (nSPS) is 12.3. The molecule has 0 aliphatic carbocycles. The molecular weight excluding hydrogens is 276 g/mol. The summed E-state index contributed by atoms with van der Waals surface area (Å²) in [6.45, 7) is 0. The van der Waals surface area contributed by atoms with Crippen molar-refractivity contribution in [1.82, 2.24) is 0 Å². The molecule has 0 N–H and O–H groups in total. The molecule has 0 fully saturated rings. The van der Waals surface area contributed by atoms with Crippen LogP contribution in [0.25, 0.3) is 0 Å². The van der Waals surface area contributed by atoms with Gasteiger partial charge in [-0.05, 0) is 54.3 Å². The minimum Gasteiger partial charge on any atom is -0.497 e. The van der Waals surface area contributed by atoms with E-state index in [1.54, 1.807) is 7.11 Å². The van der Waals surface area contributed by atoms with Crippen LogP contribution in [0.5, 0.6) is 5.75 Å². The van der Waals surface area contributed by atoms with Crippen molar-refractivity contribution in [3.63, 3.8) is 0 Å². The Morgan fingerprint density at radius 1 is 1.21 bits per heavy atom. The smallest absolute Gasteiger partial charge is 0.118 e. The van der Waals surface area contributed by atoms with Crippen LogP contribution in [-0.2, 0) is 12.8 Å². The third-order valence-electron chi connectivity index (χ3n) is 3.28. The molecule has 1 aromatic heterocycles. The van der Waals surface area contributed by atoms with E-state index in [0.717, 1.165) is 30.9 Å². The summed E-state index contributed by atoms with van der Waals surface area (Å²) < 4.78 is 5.17. The number of halogens is 1. The number of hydrogen-bond acceptors (Lipinski definition) is 2. The summed E-state index contributed by atoms with van der Waals surface area (Å²) in [5.74, 6) is 2.17. The Hall–Kier alpha value is -0.990. The Labute approximate surface area is 124 Å². The van der Waals surface area contributed by atoms with Crippen molar-refractivity contribution in [1.29, 1.82) is 0 Å². The molecule has 0 aliphatic heterocycles. The van der Waals surface area contributed by atoms with Gasteiger partial charge in [0.1, 0.15) is 5.75 Å². The van der Waals surface area contributed by atoms with Crippen LogP contribution in [0.1, 0.15) is 16.9 Å². The summed E-state index contributed by atoms with van der Waals surface area (Å²) in [6, 6.07) is 12.6. The van der Waals surface area contributed by atoms with E-state index in [4.69, 9.17) is 16.3 Å². The van der Waals surface area contributed by atoms with Gasteiger partial charge in [-0.25, -0.2) is 0 Å².